The third-order valence-corrected chi connectivity index (χ3v) is 5.56. The van der Waals surface area contributed by atoms with Crippen LogP contribution >= 0.6 is 0 Å². The third-order valence-electron chi connectivity index (χ3n) is 5.56. The molecule has 3 rings (SSSR count). The van der Waals surface area contributed by atoms with E-state index in [4.69, 9.17) is 4.74 Å². The van der Waals surface area contributed by atoms with Crippen LogP contribution in [0.4, 0.5) is 4.39 Å². The summed E-state index contributed by atoms with van der Waals surface area (Å²) in [6, 6.07) is 5.75. The van der Waals surface area contributed by atoms with Gasteiger partial charge in [-0.2, -0.15) is 0 Å². The Morgan fingerprint density at radius 3 is 2.75 bits per heavy atom. The number of hydrogen-bond acceptors (Lipinski definition) is 3. The molecule has 0 spiro atoms. The molecular formula is C20H31FN2O. The molecule has 0 aromatic heterocycles. The molecule has 4 heteroatoms. The molecule has 2 aliphatic rings. The highest BCUT2D eigenvalue weighted by Gasteiger charge is 2.23. The Morgan fingerprint density at radius 2 is 2.00 bits per heavy atom. The molecule has 1 atom stereocenters. The van der Waals surface area contributed by atoms with E-state index in [2.05, 4.69) is 10.2 Å². The van der Waals surface area contributed by atoms with Gasteiger partial charge in [0.25, 0.3) is 0 Å². The van der Waals surface area contributed by atoms with Crippen molar-refractivity contribution in [1.82, 2.24) is 10.2 Å². The van der Waals surface area contributed by atoms with Crippen molar-refractivity contribution in [3.05, 3.63) is 29.6 Å². The summed E-state index contributed by atoms with van der Waals surface area (Å²) < 4.78 is 18.8. The van der Waals surface area contributed by atoms with E-state index in [1.54, 1.807) is 12.1 Å². The molecule has 1 N–H and O–H groups in total. The lowest BCUT2D eigenvalue weighted by molar-refractivity contribution is 0.149. The molecule has 1 aromatic rings. The van der Waals surface area contributed by atoms with Crippen LogP contribution in [0.15, 0.2) is 18.2 Å². The average Bonchev–Trinajstić information content (AvgIpc) is 2.61. The normalized spacial score (nSPS) is 23.3. The van der Waals surface area contributed by atoms with E-state index in [0.717, 1.165) is 24.6 Å². The quantitative estimate of drug-likeness (QED) is 0.852. The first kappa shape index (κ1) is 17.7. The maximum atomic E-state index is 13.8. The minimum atomic E-state index is -0.278. The van der Waals surface area contributed by atoms with Crippen LogP contribution in [0.5, 0.6) is 5.75 Å². The molecule has 2 fully saturated rings. The lowest BCUT2D eigenvalue weighted by Crippen LogP contribution is -2.47. The first-order valence-corrected chi connectivity index (χ1v) is 9.53. The Kier molecular flexibility index (Phi) is 6.50. The van der Waals surface area contributed by atoms with Crippen molar-refractivity contribution in [3.63, 3.8) is 0 Å². The third kappa shape index (κ3) is 4.93. The second kappa shape index (κ2) is 8.82. The maximum absolute atomic E-state index is 13.8. The number of likely N-dealkylation sites (tertiary alicyclic amines) is 1. The summed E-state index contributed by atoms with van der Waals surface area (Å²) in [6.45, 7) is 4.37. The number of piperidine rings is 1. The molecule has 1 aromatic carbocycles. The largest absolute Gasteiger partial charge is 0.494 e. The first-order valence-electron chi connectivity index (χ1n) is 9.53. The van der Waals surface area contributed by atoms with Crippen molar-refractivity contribution in [2.24, 2.45) is 5.92 Å². The van der Waals surface area contributed by atoms with Crippen molar-refractivity contribution < 1.29 is 9.13 Å². The summed E-state index contributed by atoms with van der Waals surface area (Å²) >= 11 is 0. The molecule has 1 aliphatic carbocycles. The van der Waals surface area contributed by atoms with Gasteiger partial charge in [-0.25, -0.2) is 4.39 Å². The molecule has 3 nitrogen and oxygen atoms in total. The van der Waals surface area contributed by atoms with E-state index in [9.17, 15) is 4.39 Å². The lowest BCUT2D eigenvalue weighted by Gasteiger charge is -2.36. The number of nitrogens with one attached hydrogen (secondary N) is 1. The van der Waals surface area contributed by atoms with Crippen LogP contribution in [0.2, 0.25) is 0 Å². The van der Waals surface area contributed by atoms with Crippen LogP contribution in [-0.2, 0) is 6.54 Å². The molecule has 0 bridgehead atoms. The SMILES string of the molecule is COc1ccc(CN[C@@H]2CCCN(CC3CCCCC3)C2)cc1F. The van der Waals surface area contributed by atoms with Gasteiger partial charge < -0.3 is 15.0 Å². The molecule has 134 valence electrons. The van der Waals surface area contributed by atoms with E-state index in [-0.39, 0.29) is 5.82 Å². The molecule has 0 radical (unpaired) electrons. The van der Waals surface area contributed by atoms with Crippen molar-refractivity contribution >= 4 is 0 Å². The average molecular weight is 334 g/mol. The zero-order valence-electron chi connectivity index (χ0n) is 14.9. The summed E-state index contributed by atoms with van der Waals surface area (Å²) in [4.78, 5) is 2.64. The van der Waals surface area contributed by atoms with Crippen LogP contribution in [0.3, 0.4) is 0 Å². The van der Waals surface area contributed by atoms with Gasteiger partial charge in [-0.05, 0) is 55.8 Å². The van der Waals surface area contributed by atoms with E-state index in [0.29, 0.717) is 11.8 Å². The Bertz CT molecular complexity index is 516. The molecule has 1 saturated heterocycles. The van der Waals surface area contributed by atoms with Gasteiger partial charge in [0, 0.05) is 25.7 Å². The second-order valence-corrected chi connectivity index (χ2v) is 7.45. The molecule has 24 heavy (non-hydrogen) atoms. The molecule has 1 aliphatic heterocycles. The molecule has 1 saturated carbocycles. The van der Waals surface area contributed by atoms with Gasteiger partial charge in [-0.15, -0.1) is 0 Å². The minimum absolute atomic E-state index is 0.278. The van der Waals surface area contributed by atoms with Crippen LogP contribution in [0, 0.1) is 11.7 Å². The summed E-state index contributed by atoms with van der Waals surface area (Å²) in [6.07, 6.45) is 9.59. The van der Waals surface area contributed by atoms with Crippen LogP contribution in [0.25, 0.3) is 0 Å². The van der Waals surface area contributed by atoms with E-state index < -0.39 is 0 Å². The fourth-order valence-electron chi connectivity index (χ4n) is 4.20. The standard InChI is InChI=1S/C20H31FN2O/c1-24-20-10-9-17(12-19(20)21)13-22-18-8-5-11-23(15-18)14-16-6-3-2-4-7-16/h9-10,12,16,18,22H,2-8,11,13-15H2,1H3/t18-/m1/s1. The Labute approximate surface area is 145 Å². The van der Waals surface area contributed by atoms with Gasteiger partial charge in [0.1, 0.15) is 0 Å². The van der Waals surface area contributed by atoms with Gasteiger partial charge in [-0.3, -0.25) is 0 Å². The highest BCUT2D eigenvalue weighted by molar-refractivity contribution is 5.29. The predicted octanol–water partition coefficient (Wildman–Crippen LogP) is 3.97. The van der Waals surface area contributed by atoms with Gasteiger partial charge in [0.2, 0.25) is 0 Å². The minimum Gasteiger partial charge on any atom is -0.494 e. The van der Waals surface area contributed by atoms with Gasteiger partial charge in [0.15, 0.2) is 11.6 Å². The second-order valence-electron chi connectivity index (χ2n) is 7.45. The van der Waals surface area contributed by atoms with Crippen molar-refractivity contribution in [2.45, 2.75) is 57.5 Å². The van der Waals surface area contributed by atoms with Crippen LogP contribution in [0.1, 0.15) is 50.5 Å². The summed E-state index contributed by atoms with van der Waals surface area (Å²) in [5, 5.41) is 3.62. The van der Waals surface area contributed by atoms with Gasteiger partial charge in [-0.1, -0.05) is 25.3 Å². The number of rotatable bonds is 6. The highest BCUT2D eigenvalue weighted by atomic mass is 19.1. The number of ether oxygens (including phenoxy) is 1. The maximum Gasteiger partial charge on any atom is 0.165 e. The predicted molar refractivity (Wildman–Crippen MR) is 95.8 cm³/mol. The van der Waals surface area contributed by atoms with Gasteiger partial charge in [0.05, 0.1) is 7.11 Å². The van der Waals surface area contributed by atoms with E-state index in [1.807, 2.05) is 6.07 Å². The van der Waals surface area contributed by atoms with Crippen molar-refractivity contribution in [3.8, 4) is 5.75 Å². The number of methoxy groups -OCH3 is 1. The summed E-state index contributed by atoms with van der Waals surface area (Å²) in [5.41, 5.74) is 0.984. The smallest absolute Gasteiger partial charge is 0.165 e. The van der Waals surface area contributed by atoms with Crippen LogP contribution < -0.4 is 10.1 Å². The first-order chi connectivity index (χ1) is 11.7. The summed E-state index contributed by atoms with van der Waals surface area (Å²) in [7, 11) is 1.50. The Hall–Kier alpha value is -1.13. The number of nitrogens with zero attached hydrogens (tertiary/aromatic N) is 1. The highest BCUT2D eigenvalue weighted by Crippen LogP contribution is 2.25. The van der Waals surface area contributed by atoms with E-state index >= 15 is 0 Å². The zero-order valence-corrected chi connectivity index (χ0v) is 14.9. The van der Waals surface area contributed by atoms with Crippen molar-refractivity contribution in [1.29, 1.82) is 0 Å². The number of benzene rings is 1. The number of halogens is 1. The van der Waals surface area contributed by atoms with Crippen molar-refractivity contribution in [2.75, 3.05) is 26.7 Å². The molecule has 1 heterocycles. The summed E-state index contributed by atoms with van der Waals surface area (Å²) in [5.74, 6) is 0.947. The molecular weight excluding hydrogens is 303 g/mol. The number of hydrogen-bond donors (Lipinski definition) is 1. The topological polar surface area (TPSA) is 24.5 Å². The monoisotopic (exact) mass is 334 g/mol. The van der Waals surface area contributed by atoms with Gasteiger partial charge >= 0.3 is 0 Å². The Morgan fingerprint density at radius 1 is 1.17 bits per heavy atom. The molecule has 0 unspecified atom stereocenters. The van der Waals surface area contributed by atoms with Crippen LogP contribution in [-0.4, -0.2) is 37.7 Å². The Balaban J connectivity index is 1.45. The van der Waals surface area contributed by atoms with E-state index in [1.165, 1.54) is 65.1 Å². The fourth-order valence-corrected chi connectivity index (χ4v) is 4.20. The molecule has 0 amide bonds. The zero-order chi connectivity index (χ0) is 16.8. The fraction of sp³-hybridized carbons (Fsp3) is 0.700. The lowest BCUT2D eigenvalue weighted by atomic mass is 9.88.